The number of benzene rings is 3. The Balaban J connectivity index is 1.64. The average molecular weight is 437 g/mol. The molecule has 0 atom stereocenters. The van der Waals surface area contributed by atoms with E-state index in [1.807, 2.05) is 0 Å². The van der Waals surface area contributed by atoms with Crippen LogP contribution in [-0.2, 0) is 22.1 Å². The molecule has 0 aromatic heterocycles. The van der Waals surface area contributed by atoms with Gasteiger partial charge in [-0.05, 0) is 47.5 Å². The number of hydrogen-bond donors (Lipinski definition) is 1. The van der Waals surface area contributed by atoms with Gasteiger partial charge in [0.05, 0.1) is 10.6 Å². The number of nitrogens with one attached hydrogen (secondary N) is 1. The first kappa shape index (κ1) is 22.2. The van der Waals surface area contributed by atoms with Crippen molar-refractivity contribution in [2.75, 3.05) is 14.1 Å². The van der Waals surface area contributed by atoms with Crippen molar-refractivity contribution in [3.63, 3.8) is 0 Å². The molecule has 3 rings (SSSR count). The van der Waals surface area contributed by atoms with Crippen LogP contribution < -0.4 is 5.32 Å². The Morgan fingerprint density at radius 1 is 0.806 bits per heavy atom. The molecule has 0 aliphatic carbocycles. The van der Waals surface area contributed by atoms with E-state index in [9.17, 15) is 18.0 Å². The van der Waals surface area contributed by atoms with E-state index in [4.69, 9.17) is 0 Å². The van der Waals surface area contributed by atoms with Crippen LogP contribution in [0.4, 0.5) is 0 Å². The van der Waals surface area contributed by atoms with Crippen LogP contribution >= 0.6 is 0 Å². The summed E-state index contributed by atoms with van der Waals surface area (Å²) in [6.45, 7) is 0.293. The van der Waals surface area contributed by atoms with Gasteiger partial charge in [0.2, 0.25) is 0 Å². The van der Waals surface area contributed by atoms with Crippen LogP contribution in [0.15, 0.2) is 83.8 Å². The van der Waals surface area contributed by atoms with Gasteiger partial charge < -0.3 is 10.2 Å². The first-order valence-corrected chi connectivity index (χ1v) is 11.4. The highest BCUT2D eigenvalue weighted by Gasteiger charge is 2.16. The van der Waals surface area contributed by atoms with E-state index in [-0.39, 0.29) is 22.5 Å². The zero-order chi connectivity index (χ0) is 22.4. The molecule has 7 heteroatoms. The summed E-state index contributed by atoms with van der Waals surface area (Å²) in [6, 6.07) is 21.9. The van der Waals surface area contributed by atoms with Gasteiger partial charge in [0.25, 0.3) is 11.8 Å². The van der Waals surface area contributed by atoms with Crippen LogP contribution in [0, 0.1) is 0 Å². The van der Waals surface area contributed by atoms with Crippen LogP contribution in [-0.4, -0.2) is 39.2 Å². The molecule has 0 saturated carbocycles. The van der Waals surface area contributed by atoms with Gasteiger partial charge in [-0.15, -0.1) is 0 Å². The topological polar surface area (TPSA) is 83.6 Å². The Bertz CT molecular complexity index is 1170. The Hall–Kier alpha value is -3.45. The number of nitrogens with zero attached hydrogens (tertiary/aromatic N) is 1. The largest absolute Gasteiger partial charge is 0.348 e. The Morgan fingerprint density at radius 3 is 2.13 bits per heavy atom. The second-order valence-corrected chi connectivity index (χ2v) is 9.34. The number of carbonyl (C=O) groups excluding carboxylic acids is 2. The molecule has 0 unspecified atom stereocenters. The molecule has 3 aromatic rings. The first-order chi connectivity index (χ1) is 14.8. The molecule has 3 aromatic carbocycles. The van der Waals surface area contributed by atoms with Crippen molar-refractivity contribution in [3.05, 3.63) is 101 Å². The Morgan fingerprint density at radius 2 is 1.48 bits per heavy atom. The highest BCUT2D eigenvalue weighted by Crippen LogP contribution is 2.17. The van der Waals surface area contributed by atoms with Gasteiger partial charge in [-0.2, -0.15) is 0 Å². The molecule has 0 radical (unpaired) electrons. The van der Waals surface area contributed by atoms with Gasteiger partial charge in [-0.3, -0.25) is 9.59 Å². The second-order valence-electron chi connectivity index (χ2n) is 7.35. The minimum absolute atomic E-state index is 0.0853. The molecule has 0 spiro atoms. The molecule has 0 aliphatic rings. The van der Waals surface area contributed by atoms with Crippen LogP contribution in [0.5, 0.6) is 0 Å². The van der Waals surface area contributed by atoms with E-state index in [2.05, 4.69) is 5.32 Å². The van der Waals surface area contributed by atoms with Crippen molar-refractivity contribution in [3.8, 4) is 0 Å². The minimum atomic E-state index is -3.49. The quantitative estimate of drug-likeness (QED) is 0.616. The van der Waals surface area contributed by atoms with Crippen LogP contribution in [0.2, 0.25) is 0 Å². The molecule has 1 N–H and O–H groups in total. The molecule has 2 amide bonds. The van der Waals surface area contributed by atoms with Crippen molar-refractivity contribution >= 4 is 21.7 Å². The third-order valence-electron chi connectivity index (χ3n) is 4.71. The monoisotopic (exact) mass is 436 g/mol. The van der Waals surface area contributed by atoms with Gasteiger partial charge in [-0.25, -0.2) is 8.42 Å². The summed E-state index contributed by atoms with van der Waals surface area (Å²) in [4.78, 5) is 26.2. The summed E-state index contributed by atoms with van der Waals surface area (Å²) in [5.74, 6) is -0.565. The third-order valence-corrected chi connectivity index (χ3v) is 6.41. The maximum atomic E-state index is 12.6. The number of rotatable bonds is 7. The van der Waals surface area contributed by atoms with Gasteiger partial charge in [0, 0.05) is 31.8 Å². The molecule has 160 valence electrons. The smallest absolute Gasteiger partial charge is 0.253 e. The summed E-state index contributed by atoms with van der Waals surface area (Å²) < 4.78 is 25.2. The standard InChI is InChI=1S/C24H24N2O4S/c1-26(2)24(28)20-13-11-18(12-14-20)16-25-23(27)21-8-6-7-19(15-21)17-31(29,30)22-9-4-3-5-10-22/h3-15H,16-17H2,1-2H3,(H,25,27). The summed E-state index contributed by atoms with van der Waals surface area (Å²) in [5, 5.41) is 2.82. The van der Waals surface area contributed by atoms with E-state index in [0.717, 1.165) is 5.56 Å². The summed E-state index contributed by atoms with van der Waals surface area (Å²) >= 11 is 0. The van der Waals surface area contributed by atoms with Crippen molar-refractivity contribution in [2.45, 2.75) is 17.2 Å². The molecular weight excluding hydrogens is 412 g/mol. The Labute approximate surface area is 182 Å². The zero-order valence-corrected chi connectivity index (χ0v) is 18.2. The van der Waals surface area contributed by atoms with E-state index in [1.165, 1.54) is 4.90 Å². The lowest BCUT2D eigenvalue weighted by Gasteiger charge is -2.11. The SMILES string of the molecule is CN(C)C(=O)c1ccc(CNC(=O)c2cccc(CS(=O)(=O)c3ccccc3)c2)cc1. The normalized spacial score (nSPS) is 11.0. The summed E-state index contributed by atoms with van der Waals surface area (Å²) in [6.07, 6.45) is 0. The number of amides is 2. The molecule has 0 fully saturated rings. The molecular formula is C24H24N2O4S. The molecule has 0 aliphatic heterocycles. The summed E-state index contributed by atoms with van der Waals surface area (Å²) in [7, 11) is -0.111. The lowest BCUT2D eigenvalue weighted by Crippen LogP contribution is -2.23. The highest BCUT2D eigenvalue weighted by molar-refractivity contribution is 7.90. The Kier molecular flexibility index (Phi) is 6.87. The van der Waals surface area contributed by atoms with Crippen molar-refractivity contribution in [1.82, 2.24) is 10.2 Å². The summed E-state index contributed by atoms with van der Waals surface area (Å²) in [5.41, 5.74) is 2.36. The second kappa shape index (κ2) is 9.57. The van der Waals surface area contributed by atoms with Gasteiger partial charge in [0.1, 0.15) is 0 Å². The molecule has 0 heterocycles. The van der Waals surface area contributed by atoms with Crippen LogP contribution in [0.3, 0.4) is 0 Å². The highest BCUT2D eigenvalue weighted by atomic mass is 32.2. The molecule has 6 nitrogen and oxygen atoms in total. The van der Waals surface area contributed by atoms with E-state index >= 15 is 0 Å². The van der Waals surface area contributed by atoms with E-state index in [1.54, 1.807) is 93.0 Å². The zero-order valence-electron chi connectivity index (χ0n) is 17.4. The minimum Gasteiger partial charge on any atom is -0.348 e. The fraction of sp³-hybridized carbons (Fsp3) is 0.167. The van der Waals surface area contributed by atoms with Crippen molar-refractivity contribution in [2.24, 2.45) is 0 Å². The predicted octanol–water partition coefficient (Wildman–Crippen LogP) is 3.29. The lowest BCUT2D eigenvalue weighted by molar-refractivity contribution is 0.0827. The van der Waals surface area contributed by atoms with E-state index < -0.39 is 9.84 Å². The number of hydrogen-bond acceptors (Lipinski definition) is 4. The fourth-order valence-electron chi connectivity index (χ4n) is 3.04. The average Bonchev–Trinajstić information content (AvgIpc) is 2.77. The maximum Gasteiger partial charge on any atom is 0.253 e. The van der Waals surface area contributed by atoms with Gasteiger partial charge in [0.15, 0.2) is 9.84 Å². The lowest BCUT2D eigenvalue weighted by atomic mass is 10.1. The van der Waals surface area contributed by atoms with Crippen LogP contribution in [0.1, 0.15) is 31.8 Å². The number of carbonyl (C=O) groups is 2. The molecule has 0 saturated heterocycles. The maximum absolute atomic E-state index is 12.6. The molecule has 0 bridgehead atoms. The van der Waals surface area contributed by atoms with Gasteiger partial charge >= 0.3 is 0 Å². The van der Waals surface area contributed by atoms with Crippen molar-refractivity contribution in [1.29, 1.82) is 0 Å². The first-order valence-electron chi connectivity index (χ1n) is 9.72. The van der Waals surface area contributed by atoms with Gasteiger partial charge in [-0.1, -0.05) is 42.5 Å². The third kappa shape index (κ3) is 5.79. The van der Waals surface area contributed by atoms with Crippen LogP contribution in [0.25, 0.3) is 0 Å². The van der Waals surface area contributed by atoms with Crippen molar-refractivity contribution < 1.29 is 18.0 Å². The molecule has 31 heavy (non-hydrogen) atoms. The number of sulfone groups is 1. The fourth-order valence-corrected chi connectivity index (χ4v) is 4.40. The van der Waals surface area contributed by atoms with E-state index in [0.29, 0.717) is 23.2 Å². The predicted molar refractivity (Wildman–Crippen MR) is 119 cm³/mol.